The standard InChI is InChI=1S/C22H17N5O4/c1-14(15-3-8-19(9-4-15)26(28)29)24-25-18-7-2-17-12-21(23-22(17)13-18)16-5-10-20(11-6-16)27(30)31/h2-13,23,25H,1H3. The van der Waals surface area contributed by atoms with E-state index in [9.17, 15) is 20.2 Å². The van der Waals surface area contributed by atoms with Crippen molar-refractivity contribution in [1.29, 1.82) is 0 Å². The molecule has 0 aliphatic rings. The van der Waals surface area contributed by atoms with Gasteiger partial charge in [0.05, 0.1) is 21.2 Å². The van der Waals surface area contributed by atoms with Crippen LogP contribution in [0.25, 0.3) is 22.2 Å². The molecule has 154 valence electrons. The predicted molar refractivity (Wildman–Crippen MR) is 119 cm³/mol. The molecule has 0 saturated carbocycles. The number of rotatable bonds is 6. The van der Waals surface area contributed by atoms with Gasteiger partial charge in [-0.25, -0.2) is 0 Å². The predicted octanol–water partition coefficient (Wildman–Crippen LogP) is 5.49. The van der Waals surface area contributed by atoms with E-state index in [0.29, 0.717) is 5.71 Å². The third kappa shape index (κ3) is 4.25. The zero-order valence-electron chi connectivity index (χ0n) is 16.4. The molecule has 0 fully saturated rings. The number of fused-ring (bicyclic) bond motifs is 1. The van der Waals surface area contributed by atoms with Crippen LogP contribution in [0.5, 0.6) is 0 Å². The van der Waals surface area contributed by atoms with Gasteiger partial charge < -0.3 is 4.98 Å². The molecule has 0 unspecified atom stereocenters. The minimum atomic E-state index is -0.439. The first-order valence-corrected chi connectivity index (χ1v) is 9.33. The van der Waals surface area contributed by atoms with E-state index < -0.39 is 9.85 Å². The zero-order valence-corrected chi connectivity index (χ0v) is 16.4. The van der Waals surface area contributed by atoms with Crippen molar-refractivity contribution >= 4 is 33.7 Å². The SMILES string of the molecule is CC(=NNc1ccc2cc(-c3ccc([N+](=O)[O-])cc3)[nH]c2c1)c1ccc([N+](=O)[O-])cc1. The number of aromatic nitrogens is 1. The molecule has 0 saturated heterocycles. The van der Waals surface area contributed by atoms with Crippen LogP contribution in [0.1, 0.15) is 12.5 Å². The maximum absolute atomic E-state index is 10.8. The highest BCUT2D eigenvalue weighted by Crippen LogP contribution is 2.27. The van der Waals surface area contributed by atoms with Crippen LogP contribution in [-0.4, -0.2) is 20.5 Å². The van der Waals surface area contributed by atoms with E-state index >= 15 is 0 Å². The largest absolute Gasteiger partial charge is 0.354 e. The number of aromatic amines is 1. The number of hydrogen-bond acceptors (Lipinski definition) is 6. The Bertz CT molecular complexity index is 1310. The van der Waals surface area contributed by atoms with Crippen molar-refractivity contribution in [2.75, 3.05) is 5.43 Å². The molecule has 2 N–H and O–H groups in total. The Morgan fingerprint density at radius 2 is 1.48 bits per heavy atom. The first-order chi connectivity index (χ1) is 14.9. The molecule has 31 heavy (non-hydrogen) atoms. The maximum Gasteiger partial charge on any atom is 0.269 e. The highest BCUT2D eigenvalue weighted by atomic mass is 16.6. The van der Waals surface area contributed by atoms with Gasteiger partial charge in [-0.3, -0.25) is 25.7 Å². The quantitative estimate of drug-likeness (QED) is 0.245. The van der Waals surface area contributed by atoms with Gasteiger partial charge in [-0.1, -0.05) is 6.07 Å². The van der Waals surface area contributed by atoms with Crippen molar-refractivity contribution in [1.82, 2.24) is 4.98 Å². The Kier molecular flexibility index (Phi) is 5.15. The lowest BCUT2D eigenvalue weighted by Crippen LogP contribution is -2.00. The van der Waals surface area contributed by atoms with Crippen molar-refractivity contribution in [2.45, 2.75) is 6.92 Å². The van der Waals surface area contributed by atoms with Crippen molar-refractivity contribution in [3.8, 4) is 11.3 Å². The molecule has 0 aliphatic carbocycles. The smallest absolute Gasteiger partial charge is 0.269 e. The lowest BCUT2D eigenvalue weighted by Gasteiger charge is -2.04. The molecular weight excluding hydrogens is 398 g/mol. The minimum absolute atomic E-state index is 0.0329. The van der Waals surface area contributed by atoms with Gasteiger partial charge >= 0.3 is 0 Å². The van der Waals surface area contributed by atoms with Gasteiger partial charge in [-0.2, -0.15) is 5.10 Å². The van der Waals surface area contributed by atoms with Gasteiger partial charge in [-0.05, 0) is 60.5 Å². The molecule has 1 heterocycles. The fourth-order valence-electron chi connectivity index (χ4n) is 3.15. The molecule has 0 bridgehead atoms. The highest BCUT2D eigenvalue weighted by molar-refractivity contribution is 5.99. The average molecular weight is 415 g/mol. The van der Waals surface area contributed by atoms with Gasteiger partial charge in [0.2, 0.25) is 0 Å². The van der Waals surface area contributed by atoms with E-state index in [-0.39, 0.29) is 11.4 Å². The van der Waals surface area contributed by atoms with Gasteiger partial charge in [0.1, 0.15) is 0 Å². The Morgan fingerprint density at radius 1 is 0.871 bits per heavy atom. The summed E-state index contributed by atoms with van der Waals surface area (Å²) in [6.45, 7) is 1.81. The van der Waals surface area contributed by atoms with Gasteiger partial charge in [-0.15, -0.1) is 0 Å². The topological polar surface area (TPSA) is 126 Å². The number of hydrogen-bond donors (Lipinski definition) is 2. The van der Waals surface area contributed by atoms with E-state index in [1.807, 2.05) is 31.2 Å². The maximum atomic E-state index is 10.8. The number of nitro benzene ring substituents is 2. The number of nitrogens with one attached hydrogen (secondary N) is 2. The third-order valence-electron chi connectivity index (χ3n) is 4.86. The molecule has 4 aromatic rings. The third-order valence-corrected chi connectivity index (χ3v) is 4.86. The molecule has 1 aromatic heterocycles. The Labute approximate surface area is 176 Å². The summed E-state index contributed by atoms with van der Waals surface area (Å²) in [4.78, 5) is 24.0. The van der Waals surface area contributed by atoms with Crippen molar-refractivity contribution in [2.24, 2.45) is 5.10 Å². The van der Waals surface area contributed by atoms with Crippen molar-refractivity contribution < 1.29 is 9.85 Å². The fourth-order valence-corrected chi connectivity index (χ4v) is 3.15. The summed E-state index contributed by atoms with van der Waals surface area (Å²) < 4.78 is 0. The van der Waals surface area contributed by atoms with Crippen LogP contribution in [0, 0.1) is 20.2 Å². The molecule has 0 aliphatic heterocycles. The van der Waals surface area contributed by atoms with Crippen LogP contribution in [0.4, 0.5) is 17.1 Å². The molecule has 4 rings (SSSR count). The van der Waals surface area contributed by atoms with E-state index in [1.165, 1.54) is 24.3 Å². The molecule has 0 amide bonds. The minimum Gasteiger partial charge on any atom is -0.354 e. The zero-order chi connectivity index (χ0) is 22.0. The monoisotopic (exact) mass is 415 g/mol. The molecule has 0 radical (unpaired) electrons. The molecule has 9 heteroatoms. The van der Waals surface area contributed by atoms with E-state index in [1.54, 1.807) is 24.3 Å². The molecular formula is C22H17N5O4. The number of non-ortho nitro benzene ring substituents is 2. The number of hydrazone groups is 1. The summed E-state index contributed by atoms with van der Waals surface area (Å²) in [5.41, 5.74) is 7.91. The second-order valence-electron chi connectivity index (χ2n) is 6.90. The lowest BCUT2D eigenvalue weighted by molar-refractivity contribution is -0.385. The number of anilines is 1. The Hall–Kier alpha value is -4.53. The summed E-state index contributed by atoms with van der Waals surface area (Å²) in [5.74, 6) is 0. The lowest BCUT2D eigenvalue weighted by atomic mass is 10.1. The summed E-state index contributed by atoms with van der Waals surface area (Å²) in [6, 6.07) is 20.3. The van der Waals surface area contributed by atoms with Crippen LogP contribution in [0.15, 0.2) is 77.9 Å². The second-order valence-corrected chi connectivity index (χ2v) is 6.90. The van der Waals surface area contributed by atoms with Gasteiger partial charge in [0, 0.05) is 40.9 Å². The molecule has 9 nitrogen and oxygen atoms in total. The average Bonchev–Trinajstić information content (AvgIpc) is 3.21. The first-order valence-electron chi connectivity index (χ1n) is 9.33. The normalized spacial score (nSPS) is 11.5. The summed E-state index contributed by atoms with van der Waals surface area (Å²) in [7, 11) is 0. The first kappa shape index (κ1) is 19.8. The highest BCUT2D eigenvalue weighted by Gasteiger charge is 2.08. The summed E-state index contributed by atoms with van der Waals surface area (Å²) in [6.07, 6.45) is 0. The van der Waals surface area contributed by atoms with Crippen LogP contribution < -0.4 is 5.43 Å². The van der Waals surface area contributed by atoms with Gasteiger partial charge in [0.15, 0.2) is 0 Å². The molecule has 0 spiro atoms. The Balaban J connectivity index is 1.53. The summed E-state index contributed by atoms with van der Waals surface area (Å²) >= 11 is 0. The van der Waals surface area contributed by atoms with Crippen molar-refractivity contribution in [3.05, 3.63) is 98.6 Å². The van der Waals surface area contributed by atoms with Crippen LogP contribution in [0.3, 0.4) is 0 Å². The molecule has 3 aromatic carbocycles. The number of nitrogens with zero attached hydrogens (tertiary/aromatic N) is 3. The van der Waals surface area contributed by atoms with E-state index in [0.717, 1.165) is 33.4 Å². The summed E-state index contributed by atoms with van der Waals surface area (Å²) in [5, 5.41) is 26.9. The molecule has 0 atom stereocenters. The van der Waals surface area contributed by atoms with Crippen LogP contribution >= 0.6 is 0 Å². The second kappa shape index (κ2) is 8.07. The fraction of sp³-hybridized carbons (Fsp3) is 0.0455. The van der Waals surface area contributed by atoms with Crippen molar-refractivity contribution in [3.63, 3.8) is 0 Å². The Morgan fingerprint density at radius 3 is 2.10 bits per heavy atom. The number of H-pyrrole nitrogens is 1. The van der Waals surface area contributed by atoms with E-state index in [2.05, 4.69) is 15.5 Å². The van der Waals surface area contributed by atoms with Crippen LogP contribution in [0.2, 0.25) is 0 Å². The van der Waals surface area contributed by atoms with E-state index in [4.69, 9.17) is 0 Å². The number of nitro groups is 2. The van der Waals surface area contributed by atoms with Crippen LogP contribution in [-0.2, 0) is 0 Å². The van der Waals surface area contributed by atoms with Gasteiger partial charge in [0.25, 0.3) is 11.4 Å². The number of benzene rings is 3.